The minimum absolute atomic E-state index is 0.288. The molecule has 0 aromatic heterocycles. The third-order valence-corrected chi connectivity index (χ3v) is 5.33. The van der Waals surface area contributed by atoms with Gasteiger partial charge in [0.25, 0.3) is 0 Å². The third-order valence-electron chi connectivity index (χ3n) is 3.04. The van der Waals surface area contributed by atoms with Crippen LogP contribution in [0.5, 0.6) is 0 Å². The Hall–Kier alpha value is -0.123. The van der Waals surface area contributed by atoms with E-state index in [0.29, 0.717) is 5.92 Å². The highest BCUT2D eigenvalue weighted by Gasteiger charge is 2.31. The summed E-state index contributed by atoms with van der Waals surface area (Å²) in [5, 5.41) is 0. The molecular formula is C14H30O2Si. The van der Waals surface area contributed by atoms with Crippen LogP contribution in [-0.2, 0) is 8.85 Å². The largest absolute Gasteiger partial charge is 0.391 e. The van der Waals surface area contributed by atoms with Crippen LogP contribution in [0.25, 0.3) is 0 Å². The van der Waals surface area contributed by atoms with Gasteiger partial charge in [-0.2, -0.15) is 0 Å². The molecule has 2 atom stereocenters. The molecule has 0 heterocycles. The van der Waals surface area contributed by atoms with E-state index >= 15 is 0 Å². The molecular weight excluding hydrogens is 228 g/mol. The monoisotopic (exact) mass is 258 g/mol. The summed E-state index contributed by atoms with van der Waals surface area (Å²) in [5.41, 5.74) is 1.91. The van der Waals surface area contributed by atoms with Gasteiger partial charge in [0.1, 0.15) is 0 Å². The predicted octanol–water partition coefficient (Wildman–Crippen LogP) is 4.44. The van der Waals surface area contributed by atoms with E-state index in [2.05, 4.69) is 40.8 Å². The molecule has 0 fully saturated rings. The van der Waals surface area contributed by atoms with E-state index in [4.69, 9.17) is 8.85 Å². The van der Waals surface area contributed by atoms with Gasteiger partial charge in [0.15, 0.2) is 0 Å². The summed E-state index contributed by atoms with van der Waals surface area (Å²) < 4.78 is 12.1. The Kier molecular flexibility index (Phi) is 8.83. The number of hydrogen-bond acceptors (Lipinski definition) is 2. The van der Waals surface area contributed by atoms with Gasteiger partial charge in [-0.05, 0) is 31.0 Å². The number of hydrogen-bond donors (Lipinski definition) is 0. The average molecular weight is 258 g/mol. The molecule has 3 heteroatoms. The zero-order valence-electron chi connectivity index (χ0n) is 12.3. The van der Waals surface area contributed by atoms with Crippen LogP contribution < -0.4 is 0 Å². The van der Waals surface area contributed by atoms with Crippen molar-refractivity contribution >= 4 is 8.56 Å². The summed E-state index contributed by atoms with van der Waals surface area (Å²) in [6, 6.07) is 0. The van der Waals surface area contributed by atoms with Crippen molar-refractivity contribution in [3.05, 3.63) is 12.3 Å². The van der Waals surface area contributed by atoms with E-state index in [9.17, 15) is 0 Å². The van der Waals surface area contributed by atoms with Crippen molar-refractivity contribution in [1.29, 1.82) is 0 Å². The SMILES string of the molecule is C=C[Si](C)(OCCCCC)OC(CC)C(C)C. The summed E-state index contributed by atoms with van der Waals surface area (Å²) >= 11 is 0. The number of unbranched alkanes of at least 4 members (excludes halogenated alkanes) is 2. The Bertz CT molecular complexity index is 206. The van der Waals surface area contributed by atoms with Crippen LogP contribution in [0.2, 0.25) is 6.55 Å². The highest BCUT2D eigenvalue weighted by Crippen LogP contribution is 2.19. The summed E-state index contributed by atoms with van der Waals surface area (Å²) in [6.45, 7) is 15.5. The Balaban J connectivity index is 4.20. The molecule has 0 N–H and O–H groups in total. The smallest absolute Gasteiger partial charge is 0.361 e. The van der Waals surface area contributed by atoms with E-state index in [-0.39, 0.29) is 6.10 Å². The molecule has 102 valence electrons. The molecule has 0 aliphatic carbocycles. The Morgan fingerprint density at radius 3 is 2.29 bits per heavy atom. The van der Waals surface area contributed by atoms with Crippen molar-refractivity contribution in [3.8, 4) is 0 Å². The third kappa shape index (κ3) is 7.01. The zero-order chi connectivity index (χ0) is 13.3. The molecule has 0 saturated heterocycles. The Morgan fingerprint density at radius 1 is 1.24 bits per heavy atom. The summed E-state index contributed by atoms with van der Waals surface area (Å²) in [5.74, 6) is 0.533. The maximum Gasteiger partial charge on any atom is 0.361 e. The summed E-state index contributed by atoms with van der Waals surface area (Å²) in [4.78, 5) is 0. The maximum absolute atomic E-state index is 6.18. The molecule has 0 rings (SSSR count). The first-order chi connectivity index (χ1) is 7.99. The van der Waals surface area contributed by atoms with Crippen molar-refractivity contribution in [2.24, 2.45) is 5.92 Å². The maximum atomic E-state index is 6.18. The molecule has 0 spiro atoms. The molecule has 2 nitrogen and oxygen atoms in total. The van der Waals surface area contributed by atoms with Crippen LogP contribution in [0.1, 0.15) is 53.4 Å². The second kappa shape index (κ2) is 8.89. The quantitative estimate of drug-likeness (QED) is 0.426. The van der Waals surface area contributed by atoms with Crippen LogP contribution in [0, 0.1) is 5.92 Å². The van der Waals surface area contributed by atoms with Crippen molar-refractivity contribution in [1.82, 2.24) is 0 Å². The first-order valence-electron chi connectivity index (χ1n) is 6.94. The van der Waals surface area contributed by atoms with Gasteiger partial charge in [-0.25, -0.2) is 0 Å². The van der Waals surface area contributed by atoms with Gasteiger partial charge in [0.05, 0.1) is 0 Å². The standard InChI is InChI=1S/C14H30O2Si/c1-7-10-11-12-15-17(6,9-3)16-14(8-2)13(4)5/h9,13-14H,3,7-8,10-12H2,1-2,4-6H3. The van der Waals surface area contributed by atoms with Gasteiger partial charge in [0.2, 0.25) is 0 Å². The molecule has 0 bridgehead atoms. The van der Waals surface area contributed by atoms with Gasteiger partial charge in [0, 0.05) is 12.7 Å². The summed E-state index contributed by atoms with van der Waals surface area (Å²) in [6.07, 6.45) is 4.89. The van der Waals surface area contributed by atoms with Crippen LogP contribution in [-0.4, -0.2) is 21.3 Å². The first-order valence-corrected chi connectivity index (χ1v) is 9.33. The van der Waals surface area contributed by atoms with E-state index in [1.807, 2.05) is 5.70 Å². The highest BCUT2D eigenvalue weighted by molar-refractivity contribution is 6.71. The van der Waals surface area contributed by atoms with Gasteiger partial charge in [-0.1, -0.05) is 40.5 Å². The molecule has 0 radical (unpaired) electrons. The van der Waals surface area contributed by atoms with Crippen LogP contribution >= 0.6 is 0 Å². The molecule has 0 aromatic carbocycles. The van der Waals surface area contributed by atoms with E-state index < -0.39 is 8.56 Å². The molecule has 0 aliphatic rings. The highest BCUT2D eigenvalue weighted by atomic mass is 28.4. The van der Waals surface area contributed by atoms with Crippen molar-refractivity contribution in [3.63, 3.8) is 0 Å². The van der Waals surface area contributed by atoms with Gasteiger partial charge >= 0.3 is 8.56 Å². The minimum atomic E-state index is -2.16. The van der Waals surface area contributed by atoms with Gasteiger partial charge in [-0.15, -0.1) is 6.58 Å². The van der Waals surface area contributed by atoms with Crippen LogP contribution in [0.15, 0.2) is 12.3 Å². The lowest BCUT2D eigenvalue weighted by atomic mass is 10.1. The normalized spacial score (nSPS) is 16.8. The second-order valence-electron chi connectivity index (χ2n) is 5.08. The topological polar surface area (TPSA) is 18.5 Å². The zero-order valence-corrected chi connectivity index (χ0v) is 13.3. The molecule has 0 aliphatic heterocycles. The Morgan fingerprint density at radius 2 is 1.88 bits per heavy atom. The molecule has 2 unspecified atom stereocenters. The lowest BCUT2D eigenvalue weighted by Gasteiger charge is -2.31. The molecule has 0 amide bonds. The van der Waals surface area contributed by atoms with Crippen molar-refractivity contribution < 1.29 is 8.85 Å². The second-order valence-corrected chi connectivity index (χ2v) is 8.05. The Labute approximate surface area is 109 Å². The van der Waals surface area contributed by atoms with E-state index in [0.717, 1.165) is 19.4 Å². The fourth-order valence-corrected chi connectivity index (χ4v) is 3.63. The lowest BCUT2D eigenvalue weighted by Crippen LogP contribution is -2.42. The van der Waals surface area contributed by atoms with Crippen LogP contribution in [0.4, 0.5) is 0 Å². The molecule has 17 heavy (non-hydrogen) atoms. The van der Waals surface area contributed by atoms with Crippen LogP contribution in [0.3, 0.4) is 0 Å². The van der Waals surface area contributed by atoms with Gasteiger partial charge in [-0.3, -0.25) is 0 Å². The molecule has 0 saturated carbocycles. The average Bonchev–Trinajstić information content (AvgIpc) is 2.31. The predicted molar refractivity (Wildman–Crippen MR) is 77.3 cm³/mol. The number of rotatable bonds is 10. The fourth-order valence-electron chi connectivity index (χ4n) is 1.76. The first kappa shape index (κ1) is 16.9. The van der Waals surface area contributed by atoms with Crippen molar-refractivity contribution in [2.45, 2.75) is 66.0 Å². The van der Waals surface area contributed by atoms with E-state index in [1.54, 1.807) is 0 Å². The van der Waals surface area contributed by atoms with E-state index in [1.165, 1.54) is 12.8 Å². The fraction of sp³-hybridized carbons (Fsp3) is 0.857. The lowest BCUT2D eigenvalue weighted by molar-refractivity contribution is 0.0888. The van der Waals surface area contributed by atoms with Gasteiger partial charge < -0.3 is 8.85 Å². The summed E-state index contributed by atoms with van der Waals surface area (Å²) in [7, 11) is -2.16. The van der Waals surface area contributed by atoms with Crippen molar-refractivity contribution in [2.75, 3.05) is 6.61 Å². The minimum Gasteiger partial charge on any atom is -0.391 e. The molecule has 0 aromatic rings.